The van der Waals surface area contributed by atoms with Crippen LogP contribution in [0.5, 0.6) is 11.5 Å². The van der Waals surface area contributed by atoms with Crippen LogP contribution >= 0.6 is 11.6 Å². The zero-order valence-electron chi connectivity index (χ0n) is 12.6. The molecule has 3 heteroatoms. The fourth-order valence-corrected chi connectivity index (χ4v) is 2.41. The summed E-state index contributed by atoms with van der Waals surface area (Å²) in [4.78, 5) is 0. The predicted molar refractivity (Wildman–Crippen MR) is 89.3 cm³/mol. The van der Waals surface area contributed by atoms with Gasteiger partial charge in [0, 0.05) is 11.1 Å². The normalized spacial score (nSPS) is 12.2. The minimum atomic E-state index is 0.222. The summed E-state index contributed by atoms with van der Waals surface area (Å²) in [6.07, 6.45) is 2.78. The van der Waals surface area contributed by atoms with Crippen molar-refractivity contribution in [2.75, 3.05) is 0 Å². The fourth-order valence-electron chi connectivity index (χ4n) is 2.16. The summed E-state index contributed by atoms with van der Waals surface area (Å²) < 4.78 is 5.87. The molecular weight excluding hydrogens is 282 g/mol. The summed E-state index contributed by atoms with van der Waals surface area (Å²) in [6.45, 7) is 4.19. The van der Waals surface area contributed by atoms with E-state index in [1.54, 1.807) is 0 Å². The van der Waals surface area contributed by atoms with Crippen molar-refractivity contribution in [1.82, 2.24) is 0 Å². The van der Waals surface area contributed by atoms with E-state index in [1.807, 2.05) is 30.3 Å². The van der Waals surface area contributed by atoms with Gasteiger partial charge in [0.1, 0.15) is 11.5 Å². The van der Waals surface area contributed by atoms with Crippen molar-refractivity contribution in [1.29, 1.82) is 0 Å². The number of halogens is 1. The van der Waals surface area contributed by atoms with Gasteiger partial charge in [0.2, 0.25) is 0 Å². The van der Waals surface area contributed by atoms with Gasteiger partial charge in [-0.3, -0.25) is 0 Å². The van der Waals surface area contributed by atoms with Crippen LogP contribution in [-0.2, 0) is 12.8 Å². The maximum absolute atomic E-state index is 6.11. The SMILES string of the molecule is CCc1cc(Oc2ccc(CC(N)CC)cc2)ccc1Cl. The van der Waals surface area contributed by atoms with Gasteiger partial charge in [-0.15, -0.1) is 0 Å². The average molecular weight is 304 g/mol. The van der Waals surface area contributed by atoms with E-state index in [1.165, 1.54) is 5.56 Å². The largest absolute Gasteiger partial charge is 0.457 e. The number of ether oxygens (including phenoxy) is 1. The molecule has 0 saturated heterocycles. The fraction of sp³-hybridized carbons (Fsp3) is 0.333. The smallest absolute Gasteiger partial charge is 0.127 e. The van der Waals surface area contributed by atoms with Gasteiger partial charge in [-0.05, 0) is 60.7 Å². The molecule has 0 bridgehead atoms. The molecule has 1 unspecified atom stereocenters. The van der Waals surface area contributed by atoms with E-state index >= 15 is 0 Å². The van der Waals surface area contributed by atoms with E-state index in [2.05, 4.69) is 26.0 Å². The third-order valence-electron chi connectivity index (χ3n) is 3.58. The standard InChI is InChI=1S/C18H22ClNO/c1-3-14-12-17(9-10-18(14)19)21-16-7-5-13(6-8-16)11-15(20)4-2/h5-10,12,15H,3-4,11,20H2,1-2H3. The van der Waals surface area contributed by atoms with Crippen molar-refractivity contribution in [2.45, 2.75) is 39.2 Å². The van der Waals surface area contributed by atoms with Crippen molar-refractivity contribution >= 4 is 11.6 Å². The first-order valence-corrected chi connectivity index (χ1v) is 7.81. The molecule has 2 aromatic carbocycles. The van der Waals surface area contributed by atoms with Crippen molar-refractivity contribution in [3.63, 3.8) is 0 Å². The maximum atomic E-state index is 6.11. The minimum absolute atomic E-state index is 0.222. The molecule has 0 spiro atoms. The molecule has 2 N–H and O–H groups in total. The maximum Gasteiger partial charge on any atom is 0.127 e. The molecular formula is C18H22ClNO. The van der Waals surface area contributed by atoms with Gasteiger partial charge in [-0.25, -0.2) is 0 Å². The van der Waals surface area contributed by atoms with E-state index in [-0.39, 0.29) is 6.04 Å². The average Bonchev–Trinajstić information content (AvgIpc) is 2.51. The second-order valence-electron chi connectivity index (χ2n) is 5.23. The third kappa shape index (κ3) is 4.48. The van der Waals surface area contributed by atoms with Crippen LogP contribution in [0, 0.1) is 0 Å². The van der Waals surface area contributed by atoms with Crippen LogP contribution < -0.4 is 10.5 Å². The van der Waals surface area contributed by atoms with Gasteiger partial charge in [-0.1, -0.05) is 37.6 Å². The molecule has 2 rings (SSSR count). The number of hydrogen-bond donors (Lipinski definition) is 1. The third-order valence-corrected chi connectivity index (χ3v) is 3.95. The van der Waals surface area contributed by atoms with Crippen LogP contribution in [0.4, 0.5) is 0 Å². The van der Waals surface area contributed by atoms with Crippen LogP contribution in [-0.4, -0.2) is 6.04 Å². The zero-order valence-corrected chi connectivity index (χ0v) is 13.4. The molecule has 0 heterocycles. The molecule has 21 heavy (non-hydrogen) atoms. The summed E-state index contributed by atoms with van der Waals surface area (Å²) in [5, 5.41) is 0.786. The predicted octanol–water partition coefficient (Wildman–Crippen LogP) is 4.97. The molecule has 2 nitrogen and oxygen atoms in total. The number of benzene rings is 2. The topological polar surface area (TPSA) is 35.2 Å². The lowest BCUT2D eigenvalue weighted by atomic mass is 10.0. The second kappa shape index (κ2) is 7.48. The Morgan fingerprint density at radius 2 is 1.71 bits per heavy atom. The van der Waals surface area contributed by atoms with Crippen molar-refractivity contribution in [2.24, 2.45) is 5.73 Å². The molecule has 0 fully saturated rings. The summed E-state index contributed by atoms with van der Waals surface area (Å²) >= 11 is 6.11. The van der Waals surface area contributed by atoms with Gasteiger partial charge in [0.15, 0.2) is 0 Å². The van der Waals surface area contributed by atoms with Crippen LogP contribution in [0.1, 0.15) is 31.4 Å². The van der Waals surface area contributed by atoms with Crippen molar-refractivity contribution in [3.8, 4) is 11.5 Å². The molecule has 0 aromatic heterocycles. The Hall–Kier alpha value is -1.51. The lowest BCUT2D eigenvalue weighted by Crippen LogP contribution is -2.21. The van der Waals surface area contributed by atoms with E-state index in [0.29, 0.717) is 0 Å². The van der Waals surface area contributed by atoms with Crippen LogP contribution in [0.25, 0.3) is 0 Å². The zero-order chi connectivity index (χ0) is 15.2. The van der Waals surface area contributed by atoms with Crippen LogP contribution in [0.3, 0.4) is 0 Å². The van der Waals surface area contributed by atoms with Gasteiger partial charge in [-0.2, -0.15) is 0 Å². The molecule has 0 aliphatic rings. The molecule has 0 radical (unpaired) electrons. The monoisotopic (exact) mass is 303 g/mol. The first-order chi connectivity index (χ1) is 10.1. The van der Waals surface area contributed by atoms with Gasteiger partial charge < -0.3 is 10.5 Å². The first-order valence-electron chi connectivity index (χ1n) is 7.43. The molecule has 0 saturated carbocycles. The Bertz CT molecular complexity index is 580. The molecule has 2 aromatic rings. The van der Waals surface area contributed by atoms with Crippen molar-refractivity contribution < 1.29 is 4.74 Å². The Morgan fingerprint density at radius 3 is 2.33 bits per heavy atom. The highest BCUT2D eigenvalue weighted by Gasteiger charge is 2.04. The summed E-state index contributed by atoms with van der Waals surface area (Å²) in [7, 11) is 0. The number of rotatable bonds is 6. The molecule has 0 amide bonds. The number of hydrogen-bond acceptors (Lipinski definition) is 2. The number of nitrogens with two attached hydrogens (primary N) is 1. The van der Waals surface area contributed by atoms with E-state index in [0.717, 1.165) is 41.3 Å². The quantitative estimate of drug-likeness (QED) is 0.817. The highest BCUT2D eigenvalue weighted by Crippen LogP contribution is 2.27. The highest BCUT2D eigenvalue weighted by molar-refractivity contribution is 6.31. The van der Waals surface area contributed by atoms with Crippen molar-refractivity contribution in [3.05, 3.63) is 58.6 Å². The van der Waals surface area contributed by atoms with Crippen LogP contribution in [0.15, 0.2) is 42.5 Å². The molecule has 0 aliphatic carbocycles. The van der Waals surface area contributed by atoms with Crippen LogP contribution in [0.2, 0.25) is 5.02 Å². The van der Waals surface area contributed by atoms with Gasteiger partial charge in [0.25, 0.3) is 0 Å². The first kappa shape index (κ1) is 15.9. The number of aryl methyl sites for hydroxylation is 1. The Balaban J connectivity index is 2.06. The molecule has 0 aliphatic heterocycles. The molecule has 1 atom stereocenters. The summed E-state index contributed by atoms with van der Waals surface area (Å²) in [5.74, 6) is 1.64. The Morgan fingerprint density at radius 1 is 1.05 bits per heavy atom. The lowest BCUT2D eigenvalue weighted by Gasteiger charge is -2.11. The second-order valence-corrected chi connectivity index (χ2v) is 5.63. The summed E-state index contributed by atoms with van der Waals surface area (Å²) in [5.41, 5.74) is 8.30. The highest BCUT2D eigenvalue weighted by atomic mass is 35.5. The lowest BCUT2D eigenvalue weighted by molar-refractivity contribution is 0.481. The minimum Gasteiger partial charge on any atom is -0.457 e. The molecule has 112 valence electrons. The Labute approximate surface area is 131 Å². The van der Waals surface area contributed by atoms with E-state index in [9.17, 15) is 0 Å². The van der Waals surface area contributed by atoms with Gasteiger partial charge >= 0.3 is 0 Å². The summed E-state index contributed by atoms with van der Waals surface area (Å²) in [6, 6.07) is 14.1. The van der Waals surface area contributed by atoms with Gasteiger partial charge in [0.05, 0.1) is 0 Å². The Kier molecular flexibility index (Phi) is 5.66. The van der Waals surface area contributed by atoms with E-state index < -0.39 is 0 Å². The van der Waals surface area contributed by atoms with E-state index in [4.69, 9.17) is 22.1 Å².